The molecule has 1 fully saturated rings. The number of thioether (sulfide) groups is 1. The highest BCUT2D eigenvalue weighted by Crippen LogP contribution is 2.40. The van der Waals surface area contributed by atoms with Gasteiger partial charge in [0.25, 0.3) is 0 Å². The van der Waals surface area contributed by atoms with Crippen LogP contribution in [0.25, 0.3) is 0 Å². The zero-order valence-corrected chi connectivity index (χ0v) is 12.8. The predicted molar refractivity (Wildman–Crippen MR) is 81.4 cm³/mol. The number of hydrogen-bond donors (Lipinski definition) is 0. The Labute approximate surface area is 135 Å². The number of rotatable bonds is 3. The van der Waals surface area contributed by atoms with E-state index < -0.39 is 11.7 Å². The van der Waals surface area contributed by atoms with E-state index in [1.165, 1.54) is 23.9 Å². The molecule has 1 aromatic carbocycles. The molecule has 1 aliphatic heterocycles. The van der Waals surface area contributed by atoms with Crippen LogP contribution in [0.5, 0.6) is 0 Å². The minimum Gasteiger partial charge on any atom is -0.321 e. The molecule has 2 aromatic rings. The maximum Gasteiger partial charge on any atom is 0.416 e. The lowest BCUT2D eigenvalue weighted by Gasteiger charge is -2.24. The van der Waals surface area contributed by atoms with E-state index in [-0.39, 0.29) is 11.3 Å². The summed E-state index contributed by atoms with van der Waals surface area (Å²) in [5.74, 6) is 0.301. The van der Waals surface area contributed by atoms with Crippen LogP contribution in [0.15, 0.2) is 48.8 Å². The van der Waals surface area contributed by atoms with E-state index in [0.29, 0.717) is 17.9 Å². The van der Waals surface area contributed by atoms with E-state index in [2.05, 4.69) is 4.98 Å². The molecule has 120 valence electrons. The van der Waals surface area contributed by atoms with Crippen LogP contribution in [0.2, 0.25) is 0 Å². The number of benzene rings is 1. The second kappa shape index (κ2) is 6.23. The summed E-state index contributed by atoms with van der Waals surface area (Å²) in [4.78, 5) is 17.8. The van der Waals surface area contributed by atoms with Gasteiger partial charge in [0.15, 0.2) is 0 Å². The van der Waals surface area contributed by atoms with Gasteiger partial charge in [0.05, 0.1) is 11.3 Å². The summed E-state index contributed by atoms with van der Waals surface area (Å²) >= 11 is 1.42. The number of nitrogens with zero attached hydrogens (tertiary/aromatic N) is 2. The largest absolute Gasteiger partial charge is 0.416 e. The van der Waals surface area contributed by atoms with Gasteiger partial charge in [-0.25, -0.2) is 0 Å². The Morgan fingerprint density at radius 3 is 2.57 bits per heavy atom. The van der Waals surface area contributed by atoms with Crippen LogP contribution in [-0.4, -0.2) is 21.5 Å². The summed E-state index contributed by atoms with van der Waals surface area (Å²) in [6.07, 6.45) is -1.02. The maximum atomic E-state index is 12.6. The highest BCUT2D eigenvalue weighted by Gasteiger charge is 2.34. The number of alkyl halides is 3. The molecule has 1 aliphatic rings. The third-order valence-corrected chi connectivity index (χ3v) is 4.82. The van der Waals surface area contributed by atoms with Gasteiger partial charge < -0.3 is 4.90 Å². The molecule has 1 saturated heterocycles. The fraction of sp³-hybridized carbons (Fsp3) is 0.250. The molecule has 0 radical (unpaired) electrons. The van der Waals surface area contributed by atoms with Crippen LogP contribution < -0.4 is 0 Å². The Kier molecular flexibility index (Phi) is 4.30. The molecule has 1 amide bonds. The summed E-state index contributed by atoms with van der Waals surface area (Å²) in [6, 6.07) is 8.65. The van der Waals surface area contributed by atoms with Crippen molar-refractivity contribution in [3.05, 3.63) is 65.5 Å². The van der Waals surface area contributed by atoms with Gasteiger partial charge >= 0.3 is 6.18 Å². The first-order valence-electron chi connectivity index (χ1n) is 6.92. The molecular formula is C16H13F3N2OS. The van der Waals surface area contributed by atoms with Crippen molar-refractivity contribution >= 4 is 17.7 Å². The first-order valence-corrected chi connectivity index (χ1v) is 7.97. The number of carbonyl (C=O) groups is 1. The van der Waals surface area contributed by atoms with Crippen molar-refractivity contribution in [2.75, 3.05) is 5.75 Å². The number of hydrogen-bond acceptors (Lipinski definition) is 3. The van der Waals surface area contributed by atoms with Crippen molar-refractivity contribution in [3.8, 4) is 0 Å². The lowest BCUT2D eigenvalue weighted by atomic mass is 10.1. The number of pyridine rings is 1. The third-order valence-electron chi connectivity index (χ3n) is 3.57. The lowest BCUT2D eigenvalue weighted by molar-refractivity contribution is -0.137. The predicted octanol–water partition coefficient (Wildman–Crippen LogP) is 3.87. The zero-order chi connectivity index (χ0) is 16.4. The Morgan fingerprint density at radius 2 is 1.96 bits per heavy atom. The Morgan fingerprint density at radius 1 is 1.22 bits per heavy atom. The fourth-order valence-corrected chi connectivity index (χ4v) is 3.61. The minimum atomic E-state index is -4.35. The minimum absolute atomic E-state index is 0.0243. The third kappa shape index (κ3) is 3.50. The number of amides is 1. The van der Waals surface area contributed by atoms with E-state index in [0.717, 1.165) is 17.7 Å². The second-order valence-corrected chi connectivity index (χ2v) is 6.23. The van der Waals surface area contributed by atoms with Crippen LogP contribution in [0.4, 0.5) is 13.2 Å². The molecule has 0 aliphatic carbocycles. The highest BCUT2D eigenvalue weighted by molar-refractivity contribution is 8.00. The molecule has 0 bridgehead atoms. The van der Waals surface area contributed by atoms with Crippen molar-refractivity contribution in [2.45, 2.75) is 18.1 Å². The highest BCUT2D eigenvalue weighted by atomic mass is 32.2. The topological polar surface area (TPSA) is 33.2 Å². The summed E-state index contributed by atoms with van der Waals surface area (Å²) in [6.45, 7) is 0.394. The molecule has 2 heterocycles. The molecule has 3 nitrogen and oxygen atoms in total. The molecule has 0 N–H and O–H groups in total. The molecule has 3 rings (SSSR count). The Balaban J connectivity index is 1.82. The van der Waals surface area contributed by atoms with Crippen LogP contribution in [-0.2, 0) is 17.5 Å². The number of aromatic nitrogens is 1. The van der Waals surface area contributed by atoms with Crippen molar-refractivity contribution in [1.29, 1.82) is 0 Å². The zero-order valence-electron chi connectivity index (χ0n) is 12.0. The van der Waals surface area contributed by atoms with Gasteiger partial charge in [0.2, 0.25) is 5.91 Å². The molecule has 0 saturated carbocycles. The average molecular weight is 338 g/mol. The van der Waals surface area contributed by atoms with E-state index in [9.17, 15) is 18.0 Å². The molecule has 1 unspecified atom stereocenters. The van der Waals surface area contributed by atoms with Gasteiger partial charge in [-0.15, -0.1) is 11.8 Å². The number of carbonyl (C=O) groups excluding carboxylic acids is 1. The van der Waals surface area contributed by atoms with Crippen LogP contribution in [0.1, 0.15) is 22.1 Å². The first kappa shape index (κ1) is 15.9. The van der Waals surface area contributed by atoms with E-state index in [1.54, 1.807) is 23.4 Å². The quantitative estimate of drug-likeness (QED) is 0.852. The molecule has 1 aromatic heterocycles. The van der Waals surface area contributed by atoms with Crippen molar-refractivity contribution < 1.29 is 18.0 Å². The second-order valence-electron chi connectivity index (χ2n) is 5.17. The molecule has 23 heavy (non-hydrogen) atoms. The normalized spacial score (nSPS) is 18.5. The van der Waals surface area contributed by atoms with Gasteiger partial charge in [-0.2, -0.15) is 13.2 Å². The molecule has 0 spiro atoms. The van der Waals surface area contributed by atoms with Gasteiger partial charge in [0.1, 0.15) is 5.37 Å². The Hall–Kier alpha value is -2.02. The summed E-state index contributed by atoms with van der Waals surface area (Å²) < 4.78 is 37.9. The van der Waals surface area contributed by atoms with Gasteiger partial charge in [-0.05, 0) is 29.3 Å². The Bertz CT molecular complexity index is 689. The van der Waals surface area contributed by atoms with Crippen LogP contribution in [0, 0.1) is 0 Å². The van der Waals surface area contributed by atoms with Crippen molar-refractivity contribution in [3.63, 3.8) is 0 Å². The summed E-state index contributed by atoms with van der Waals surface area (Å²) in [5, 5.41) is -0.273. The standard InChI is InChI=1S/C16H13F3N2OS/c17-16(18,19)13-5-3-12(4-6-13)15-21(14(22)10-23-15)9-11-2-1-7-20-8-11/h1-8,15H,9-10H2. The van der Waals surface area contributed by atoms with Gasteiger partial charge in [-0.1, -0.05) is 18.2 Å². The lowest BCUT2D eigenvalue weighted by Crippen LogP contribution is -2.27. The monoisotopic (exact) mass is 338 g/mol. The van der Waals surface area contributed by atoms with Crippen molar-refractivity contribution in [1.82, 2.24) is 9.88 Å². The smallest absolute Gasteiger partial charge is 0.321 e. The fourth-order valence-electron chi connectivity index (χ4n) is 2.43. The van der Waals surface area contributed by atoms with Crippen molar-refractivity contribution in [2.24, 2.45) is 0 Å². The van der Waals surface area contributed by atoms with E-state index in [1.807, 2.05) is 6.07 Å². The summed E-state index contributed by atoms with van der Waals surface area (Å²) in [5.41, 5.74) is 0.896. The SMILES string of the molecule is O=C1CSC(c2ccc(C(F)(F)F)cc2)N1Cc1cccnc1. The van der Waals surface area contributed by atoms with E-state index in [4.69, 9.17) is 0 Å². The molecule has 7 heteroatoms. The molecular weight excluding hydrogens is 325 g/mol. The number of halogens is 3. The maximum absolute atomic E-state index is 12.6. The van der Waals surface area contributed by atoms with E-state index >= 15 is 0 Å². The average Bonchev–Trinajstić information content (AvgIpc) is 2.89. The van der Waals surface area contributed by atoms with Gasteiger partial charge in [-0.3, -0.25) is 9.78 Å². The summed E-state index contributed by atoms with van der Waals surface area (Å²) in [7, 11) is 0. The van der Waals surface area contributed by atoms with Gasteiger partial charge in [0, 0.05) is 18.9 Å². The van der Waals surface area contributed by atoms with Crippen LogP contribution >= 0.6 is 11.8 Å². The molecule has 1 atom stereocenters. The van der Waals surface area contributed by atoms with Crippen LogP contribution in [0.3, 0.4) is 0 Å². The first-order chi connectivity index (χ1) is 10.9.